The number of hydrogen-bond donors (Lipinski definition) is 1. The van der Waals surface area contributed by atoms with E-state index < -0.39 is 0 Å². The topological polar surface area (TPSA) is 33.6 Å². The van der Waals surface area contributed by atoms with Crippen LogP contribution in [0.1, 0.15) is 64.6 Å². The van der Waals surface area contributed by atoms with Crippen LogP contribution in [0, 0.1) is 22.0 Å². The molecule has 2 atom stereocenters. The molecule has 4 aliphatic carbocycles. The second-order valence-corrected chi connectivity index (χ2v) is 8.44. The molecular formula is C16H25N3S. The van der Waals surface area contributed by atoms with Gasteiger partial charge in [-0.2, -0.15) is 5.10 Å². The Balaban J connectivity index is 1.80. The Bertz CT molecular complexity index is 571. The summed E-state index contributed by atoms with van der Waals surface area (Å²) in [5.74, 6) is 3.15. The third kappa shape index (κ3) is 1.76. The van der Waals surface area contributed by atoms with Crippen molar-refractivity contribution in [2.24, 2.45) is 17.3 Å². The van der Waals surface area contributed by atoms with Crippen molar-refractivity contribution < 1.29 is 0 Å². The molecule has 4 heteroatoms. The highest BCUT2D eigenvalue weighted by atomic mass is 32.1. The Morgan fingerprint density at radius 2 is 2.00 bits per heavy atom. The van der Waals surface area contributed by atoms with Crippen LogP contribution in [0.25, 0.3) is 0 Å². The molecule has 0 aliphatic heterocycles. The smallest absolute Gasteiger partial charge is 0.195 e. The molecule has 1 N–H and O–H groups in total. The Hall–Kier alpha value is -0.640. The molecular weight excluding hydrogens is 266 g/mol. The molecule has 5 rings (SSSR count). The van der Waals surface area contributed by atoms with E-state index in [0.717, 1.165) is 29.6 Å². The summed E-state index contributed by atoms with van der Waals surface area (Å²) in [4.78, 5) is 0. The van der Waals surface area contributed by atoms with Gasteiger partial charge in [0, 0.05) is 12.0 Å². The van der Waals surface area contributed by atoms with Crippen LogP contribution < -0.4 is 0 Å². The number of nitrogens with zero attached hydrogens (tertiary/aromatic N) is 2. The molecule has 0 aromatic carbocycles. The van der Waals surface area contributed by atoms with Gasteiger partial charge < -0.3 is 4.57 Å². The average molecular weight is 291 g/mol. The minimum Gasteiger partial charge on any atom is -0.304 e. The predicted molar refractivity (Wildman–Crippen MR) is 82.2 cm³/mol. The molecule has 3 nitrogen and oxygen atoms in total. The molecule has 0 amide bonds. The molecule has 20 heavy (non-hydrogen) atoms. The minimum absolute atomic E-state index is 0.321. The van der Waals surface area contributed by atoms with Crippen molar-refractivity contribution >= 4 is 12.2 Å². The molecule has 1 heterocycles. The lowest BCUT2D eigenvalue weighted by Gasteiger charge is -2.60. The highest BCUT2D eigenvalue weighted by molar-refractivity contribution is 7.71. The summed E-state index contributed by atoms with van der Waals surface area (Å²) in [6, 6.07) is 0. The largest absolute Gasteiger partial charge is 0.304 e. The van der Waals surface area contributed by atoms with E-state index in [1.165, 1.54) is 44.3 Å². The molecule has 4 fully saturated rings. The van der Waals surface area contributed by atoms with Crippen molar-refractivity contribution in [2.75, 3.05) is 0 Å². The third-order valence-corrected chi connectivity index (χ3v) is 6.35. The van der Waals surface area contributed by atoms with Crippen LogP contribution in [-0.2, 0) is 12.0 Å². The number of H-pyrrole nitrogens is 1. The number of nitrogens with one attached hydrogen (secondary N) is 1. The van der Waals surface area contributed by atoms with Crippen molar-refractivity contribution in [1.82, 2.24) is 14.8 Å². The van der Waals surface area contributed by atoms with Crippen LogP contribution in [0.3, 0.4) is 0 Å². The van der Waals surface area contributed by atoms with Crippen LogP contribution >= 0.6 is 12.2 Å². The highest BCUT2D eigenvalue weighted by Crippen LogP contribution is 2.65. The van der Waals surface area contributed by atoms with Crippen molar-refractivity contribution in [3.8, 4) is 0 Å². The van der Waals surface area contributed by atoms with Crippen molar-refractivity contribution in [3.05, 3.63) is 10.6 Å². The molecule has 1 aromatic rings. The first-order valence-electron chi connectivity index (χ1n) is 8.19. The van der Waals surface area contributed by atoms with Gasteiger partial charge in [-0.15, -0.1) is 0 Å². The molecule has 0 radical (unpaired) electrons. The van der Waals surface area contributed by atoms with Gasteiger partial charge in [0.15, 0.2) is 4.77 Å². The Kier molecular flexibility index (Phi) is 2.73. The molecule has 4 aliphatic rings. The summed E-state index contributed by atoms with van der Waals surface area (Å²) in [5.41, 5.74) is 0.885. The van der Waals surface area contributed by atoms with Crippen LogP contribution in [0.4, 0.5) is 0 Å². The fourth-order valence-electron chi connectivity index (χ4n) is 6.14. The summed E-state index contributed by atoms with van der Waals surface area (Å²) >= 11 is 5.47. The van der Waals surface area contributed by atoms with Gasteiger partial charge in [0.2, 0.25) is 0 Å². The van der Waals surface area contributed by atoms with Crippen molar-refractivity contribution in [1.29, 1.82) is 0 Å². The second kappa shape index (κ2) is 4.19. The van der Waals surface area contributed by atoms with Gasteiger partial charge in [0.05, 0.1) is 0 Å². The van der Waals surface area contributed by atoms with Gasteiger partial charge in [-0.3, -0.25) is 5.10 Å². The highest BCUT2D eigenvalue weighted by Gasteiger charge is 2.58. The maximum absolute atomic E-state index is 5.47. The zero-order chi connectivity index (χ0) is 14.0. The zero-order valence-corrected chi connectivity index (χ0v) is 13.4. The van der Waals surface area contributed by atoms with E-state index in [9.17, 15) is 0 Å². The SMILES string of the molecule is CCCn1c(C23CC4CC(CC(C)(C4)C2)C3)n[nH]c1=S. The molecule has 1 aromatic heterocycles. The van der Waals surface area contributed by atoms with Crippen LogP contribution in [0.5, 0.6) is 0 Å². The maximum Gasteiger partial charge on any atom is 0.195 e. The zero-order valence-electron chi connectivity index (χ0n) is 12.6. The predicted octanol–water partition coefficient (Wildman–Crippen LogP) is 4.21. The summed E-state index contributed by atoms with van der Waals surface area (Å²) < 4.78 is 3.12. The monoisotopic (exact) mass is 291 g/mol. The first kappa shape index (κ1) is 13.1. The third-order valence-electron chi connectivity index (χ3n) is 6.03. The molecule has 110 valence electrons. The summed E-state index contributed by atoms with van der Waals surface area (Å²) in [6.45, 7) is 5.75. The van der Waals surface area contributed by atoms with Crippen LogP contribution in [-0.4, -0.2) is 14.8 Å². The van der Waals surface area contributed by atoms with E-state index in [-0.39, 0.29) is 0 Å². The number of rotatable bonds is 3. The molecule has 0 spiro atoms. The number of aromatic nitrogens is 3. The first-order chi connectivity index (χ1) is 9.54. The molecule has 0 saturated heterocycles. The lowest BCUT2D eigenvalue weighted by atomic mass is 9.44. The molecule has 2 unspecified atom stereocenters. The van der Waals surface area contributed by atoms with Crippen molar-refractivity contribution in [3.63, 3.8) is 0 Å². The van der Waals surface area contributed by atoms with E-state index in [2.05, 4.69) is 28.6 Å². The standard InChI is InChI=1S/C16H25N3S/c1-3-4-19-13(17-18-14(19)20)16-8-11-5-12(9-16)7-15(2,6-11)10-16/h11-12H,3-10H2,1-2H3,(H,18,20). The normalized spacial score (nSPS) is 42.3. The van der Waals surface area contributed by atoms with E-state index in [4.69, 9.17) is 12.2 Å². The van der Waals surface area contributed by atoms with E-state index >= 15 is 0 Å². The summed E-state index contributed by atoms with van der Waals surface area (Å²) in [7, 11) is 0. The van der Waals surface area contributed by atoms with Gasteiger partial charge in [-0.1, -0.05) is 13.8 Å². The lowest BCUT2D eigenvalue weighted by Crippen LogP contribution is -2.53. The van der Waals surface area contributed by atoms with Gasteiger partial charge in [0.1, 0.15) is 5.82 Å². The summed E-state index contributed by atoms with van der Waals surface area (Å²) in [5, 5.41) is 7.78. The van der Waals surface area contributed by atoms with E-state index in [0.29, 0.717) is 10.8 Å². The molecule has 4 saturated carbocycles. The Labute approximate surface area is 126 Å². The van der Waals surface area contributed by atoms with E-state index in [1.807, 2.05) is 0 Å². The number of aromatic amines is 1. The fraction of sp³-hybridized carbons (Fsp3) is 0.875. The fourth-order valence-corrected chi connectivity index (χ4v) is 6.36. The van der Waals surface area contributed by atoms with Gasteiger partial charge in [-0.05, 0) is 74.4 Å². The van der Waals surface area contributed by atoms with Gasteiger partial charge in [0.25, 0.3) is 0 Å². The second-order valence-electron chi connectivity index (χ2n) is 8.06. The van der Waals surface area contributed by atoms with Crippen molar-refractivity contribution in [2.45, 2.75) is 70.8 Å². The average Bonchev–Trinajstić information content (AvgIpc) is 2.69. The van der Waals surface area contributed by atoms with Crippen LogP contribution in [0.2, 0.25) is 0 Å². The quantitative estimate of drug-likeness (QED) is 0.846. The summed E-state index contributed by atoms with van der Waals surface area (Å²) in [6.07, 6.45) is 9.52. The lowest BCUT2D eigenvalue weighted by molar-refractivity contribution is -0.0661. The van der Waals surface area contributed by atoms with Gasteiger partial charge in [-0.25, -0.2) is 0 Å². The Morgan fingerprint density at radius 1 is 1.30 bits per heavy atom. The van der Waals surface area contributed by atoms with Gasteiger partial charge >= 0.3 is 0 Å². The Morgan fingerprint density at radius 3 is 2.60 bits per heavy atom. The first-order valence-corrected chi connectivity index (χ1v) is 8.60. The minimum atomic E-state index is 0.321. The number of hydrogen-bond acceptors (Lipinski definition) is 2. The van der Waals surface area contributed by atoms with Crippen LogP contribution in [0.15, 0.2) is 0 Å². The molecule has 4 bridgehead atoms. The maximum atomic E-state index is 5.47. The van der Waals surface area contributed by atoms with E-state index in [1.54, 1.807) is 0 Å².